The molecule has 0 amide bonds. The molecule has 80 valence electrons. The lowest BCUT2D eigenvalue weighted by atomic mass is 10.2. The lowest BCUT2D eigenvalue weighted by Gasteiger charge is -2.10. The fourth-order valence-electron chi connectivity index (χ4n) is 0.753. The van der Waals surface area contributed by atoms with E-state index in [1.165, 1.54) is 0 Å². The van der Waals surface area contributed by atoms with Gasteiger partial charge in [0.1, 0.15) is 0 Å². The first-order valence-corrected chi connectivity index (χ1v) is 5.11. The van der Waals surface area contributed by atoms with Crippen LogP contribution in [0.2, 0.25) is 0 Å². The Kier molecular flexibility index (Phi) is 4.39. The lowest BCUT2D eigenvalue weighted by Crippen LogP contribution is -2.20. The third-order valence-electron chi connectivity index (χ3n) is 1.44. The van der Waals surface area contributed by atoms with Crippen LogP contribution in [0.5, 0.6) is 0 Å². The van der Waals surface area contributed by atoms with Gasteiger partial charge in [0.2, 0.25) is 0 Å². The molecule has 0 spiro atoms. The zero-order valence-corrected chi connectivity index (χ0v) is 7.76. The van der Waals surface area contributed by atoms with Crippen molar-refractivity contribution in [3.8, 4) is 0 Å². The smallest absolute Gasteiger partial charge is 0.363 e. The van der Waals surface area contributed by atoms with Crippen molar-refractivity contribution >= 4 is 19.5 Å². The van der Waals surface area contributed by atoms with E-state index in [-0.39, 0.29) is 0 Å². The number of hydrogen-bond donors (Lipinski definition) is 3. The summed E-state index contributed by atoms with van der Waals surface area (Å²) in [6, 6.07) is 0. The Labute approximate surface area is 78.0 Å². The molecule has 2 unspecified atom stereocenters. The molecule has 3 N–H and O–H groups in total. The van der Waals surface area contributed by atoms with Gasteiger partial charge in [0.15, 0.2) is 5.66 Å². The average molecular weight is 225 g/mol. The van der Waals surface area contributed by atoms with Crippen LogP contribution < -0.4 is 0 Å². The molecular weight excluding hydrogens is 217 g/mol. The predicted molar refractivity (Wildman–Crippen MR) is 43.9 cm³/mol. The number of hydrogen-bond acceptors (Lipinski definition) is 4. The molecule has 0 aromatic heterocycles. The summed E-state index contributed by atoms with van der Waals surface area (Å²) in [5, 5.41) is 16.6. The normalized spacial score (nSPS) is 16.6. The van der Waals surface area contributed by atoms with E-state index in [0.717, 1.165) is 0 Å². The quantitative estimate of drug-likeness (QED) is 0.434. The Morgan fingerprint density at radius 2 is 1.86 bits per heavy atom. The second-order valence-corrected chi connectivity index (χ2v) is 4.42. The first-order chi connectivity index (χ1) is 6.31. The molecule has 8 nitrogen and oxygen atoms in total. The van der Waals surface area contributed by atoms with Gasteiger partial charge in [-0.25, -0.2) is 0 Å². The monoisotopic (exact) mass is 225 g/mol. The average Bonchev–Trinajstić information content (AvgIpc) is 2.03. The molecule has 0 radical (unpaired) electrons. The number of nitroso groups, excluding NO2 is 1. The molecule has 0 rings (SSSR count). The molecule has 0 saturated carbocycles. The molecule has 0 fully saturated rings. The number of aliphatic carboxylic acids is 2. The highest BCUT2D eigenvalue weighted by atomic mass is 31.2. The molecule has 0 aromatic carbocycles. The fourth-order valence-corrected chi connectivity index (χ4v) is 1.62. The van der Waals surface area contributed by atoms with E-state index in [0.29, 0.717) is 0 Å². The summed E-state index contributed by atoms with van der Waals surface area (Å²) in [4.78, 5) is 40.9. The summed E-state index contributed by atoms with van der Waals surface area (Å²) in [7, 11) is -4.69. The number of nitrogens with zero attached hydrogens (tertiary/aromatic N) is 1. The van der Waals surface area contributed by atoms with Gasteiger partial charge in [-0.05, 0) is 6.42 Å². The van der Waals surface area contributed by atoms with Gasteiger partial charge in [0.25, 0.3) is 0 Å². The first kappa shape index (κ1) is 12.7. The van der Waals surface area contributed by atoms with E-state index in [9.17, 15) is 19.1 Å². The van der Waals surface area contributed by atoms with Gasteiger partial charge in [-0.2, -0.15) is 0 Å². The van der Waals surface area contributed by atoms with Crippen LogP contribution in [0.1, 0.15) is 12.8 Å². The van der Waals surface area contributed by atoms with E-state index >= 15 is 0 Å². The lowest BCUT2D eigenvalue weighted by molar-refractivity contribution is -0.138. The molecule has 9 heteroatoms. The van der Waals surface area contributed by atoms with Crippen LogP contribution in [-0.2, 0) is 14.2 Å². The molecule has 0 heterocycles. The molecule has 2 atom stereocenters. The second kappa shape index (κ2) is 4.83. The Morgan fingerprint density at radius 1 is 1.36 bits per heavy atom. The Morgan fingerprint density at radius 3 is 2.14 bits per heavy atom. The Hall–Kier alpha value is -1.27. The SMILES string of the molecule is O=NP(=O)(O)C(CCC(=O)O)C(=O)O. The molecule has 0 aliphatic rings. The van der Waals surface area contributed by atoms with E-state index in [1.807, 2.05) is 4.95 Å². The van der Waals surface area contributed by atoms with Gasteiger partial charge in [-0.1, -0.05) is 0 Å². The van der Waals surface area contributed by atoms with Crippen molar-refractivity contribution in [2.45, 2.75) is 18.5 Å². The summed E-state index contributed by atoms with van der Waals surface area (Å²) in [6.07, 6.45) is -1.22. The van der Waals surface area contributed by atoms with E-state index in [2.05, 4.69) is 0 Å². The van der Waals surface area contributed by atoms with Gasteiger partial charge < -0.3 is 15.1 Å². The van der Waals surface area contributed by atoms with Gasteiger partial charge in [0, 0.05) is 11.4 Å². The summed E-state index contributed by atoms with van der Waals surface area (Å²) < 4.78 is 10.8. The van der Waals surface area contributed by atoms with Crippen molar-refractivity contribution in [3.05, 3.63) is 4.91 Å². The van der Waals surface area contributed by atoms with Crippen molar-refractivity contribution in [1.82, 2.24) is 0 Å². The largest absolute Gasteiger partial charge is 0.481 e. The summed E-state index contributed by atoms with van der Waals surface area (Å²) in [5.74, 6) is -3.03. The van der Waals surface area contributed by atoms with Crippen LogP contribution in [0.4, 0.5) is 0 Å². The number of carboxylic acids is 2. The highest BCUT2D eigenvalue weighted by molar-refractivity contribution is 7.58. The van der Waals surface area contributed by atoms with Crippen molar-refractivity contribution in [1.29, 1.82) is 0 Å². The van der Waals surface area contributed by atoms with Crippen LogP contribution in [-0.4, -0.2) is 32.7 Å². The maximum atomic E-state index is 10.8. The van der Waals surface area contributed by atoms with Crippen molar-refractivity contribution in [3.63, 3.8) is 0 Å². The number of carboxylic acid groups (broad SMARTS) is 2. The Balaban J connectivity index is 4.62. The second-order valence-electron chi connectivity index (χ2n) is 2.46. The van der Waals surface area contributed by atoms with Crippen molar-refractivity contribution in [2.75, 3.05) is 0 Å². The molecule has 0 saturated heterocycles. The third kappa shape index (κ3) is 3.63. The molecule has 0 bridgehead atoms. The van der Waals surface area contributed by atoms with Crippen LogP contribution in [0, 0.1) is 4.91 Å². The fraction of sp³-hybridized carbons (Fsp3) is 0.600. The topological polar surface area (TPSA) is 141 Å². The zero-order chi connectivity index (χ0) is 11.4. The molecule has 0 aliphatic heterocycles. The predicted octanol–water partition coefficient (Wildman–Crippen LogP) is 0.256. The van der Waals surface area contributed by atoms with Crippen molar-refractivity contribution < 1.29 is 29.3 Å². The molecule has 0 aliphatic carbocycles. The molecular formula is C5H8NO7P. The summed E-state index contributed by atoms with van der Waals surface area (Å²) in [6.45, 7) is 0. The number of rotatable bonds is 6. The highest BCUT2D eigenvalue weighted by Crippen LogP contribution is 2.49. The van der Waals surface area contributed by atoms with Crippen LogP contribution in [0.15, 0.2) is 4.95 Å². The minimum Gasteiger partial charge on any atom is -0.481 e. The van der Waals surface area contributed by atoms with Crippen LogP contribution in [0.25, 0.3) is 0 Å². The highest BCUT2D eigenvalue weighted by Gasteiger charge is 2.38. The van der Waals surface area contributed by atoms with E-state index in [4.69, 9.17) is 15.1 Å². The Bertz CT molecular complexity index is 300. The van der Waals surface area contributed by atoms with Crippen molar-refractivity contribution in [2.24, 2.45) is 4.95 Å². The zero-order valence-electron chi connectivity index (χ0n) is 6.86. The van der Waals surface area contributed by atoms with Gasteiger partial charge >= 0.3 is 19.5 Å². The van der Waals surface area contributed by atoms with E-state index < -0.39 is 38.0 Å². The maximum Gasteiger partial charge on any atom is 0.363 e. The standard InChI is InChI=1S/C5H8NO7P/c7-4(8)2-1-3(5(9)10)14(12,13)6-11/h3H,1-2H2,(H,7,8)(H,9,10)(H,12,13). The van der Waals surface area contributed by atoms with Gasteiger partial charge in [-0.15, -0.1) is 4.91 Å². The summed E-state index contributed by atoms with van der Waals surface area (Å²) >= 11 is 0. The minimum absolute atomic E-state index is 0.607. The maximum absolute atomic E-state index is 10.8. The molecule has 0 aromatic rings. The van der Waals surface area contributed by atoms with Gasteiger partial charge in [0.05, 0.1) is 0 Å². The van der Waals surface area contributed by atoms with Crippen LogP contribution >= 0.6 is 7.52 Å². The van der Waals surface area contributed by atoms with Crippen LogP contribution in [0.3, 0.4) is 0 Å². The third-order valence-corrected chi connectivity index (χ3v) is 2.96. The van der Waals surface area contributed by atoms with Gasteiger partial charge in [-0.3, -0.25) is 14.2 Å². The summed E-state index contributed by atoms with van der Waals surface area (Å²) in [5.41, 5.74) is -1.95. The molecule has 14 heavy (non-hydrogen) atoms. The van der Waals surface area contributed by atoms with E-state index in [1.54, 1.807) is 0 Å². The first-order valence-electron chi connectivity index (χ1n) is 3.43. The number of carbonyl (C=O) groups is 2. The minimum atomic E-state index is -4.69.